The Morgan fingerprint density at radius 1 is 0.829 bits per heavy atom. The first-order valence-electron chi connectivity index (χ1n) is 11.0. The van der Waals surface area contributed by atoms with E-state index in [1.54, 1.807) is 24.3 Å². The van der Waals surface area contributed by atoms with Crippen LogP contribution in [0.5, 0.6) is 11.5 Å². The van der Waals surface area contributed by atoms with E-state index in [0.717, 1.165) is 0 Å². The molecule has 0 spiro atoms. The number of methoxy groups -OCH3 is 2. The molecule has 9 nitrogen and oxygen atoms in total. The Morgan fingerprint density at radius 2 is 1.23 bits per heavy atom. The average molecular weight is 481 g/mol. The quantitative estimate of drug-likeness (QED) is 0.282. The average Bonchev–Trinajstić information content (AvgIpc) is 2.80. The van der Waals surface area contributed by atoms with Crippen LogP contribution in [0.2, 0.25) is 0 Å². The maximum absolute atomic E-state index is 13.4. The van der Waals surface area contributed by atoms with Gasteiger partial charge in [-0.3, -0.25) is 25.0 Å². The number of hydrogen-bond acceptors (Lipinski definition) is 7. The van der Waals surface area contributed by atoms with Crippen LogP contribution in [0.1, 0.15) is 44.7 Å². The van der Waals surface area contributed by atoms with Gasteiger partial charge in [0.2, 0.25) is 0 Å². The van der Waals surface area contributed by atoms with Crippen LogP contribution in [-0.2, 0) is 4.79 Å². The second-order valence-corrected chi connectivity index (χ2v) is 9.52. The fourth-order valence-electron chi connectivity index (χ4n) is 4.14. The lowest BCUT2D eigenvalue weighted by atomic mass is 9.68. The summed E-state index contributed by atoms with van der Waals surface area (Å²) in [7, 11) is 2.72. The molecule has 0 saturated heterocycles. The number of ether oxygens (including phenoxy) is 2. The molecule has 0 aromatic heterocycles. The SMILES string of the molecule is COc1ccc(C=C2CC(C(C)(C)C)CC(=Cc3ccc(OC)c([N+](=O)[O-])c3)C2=O)cc1[N+](=O)[O-]. The molecule has 184 valence electrons. The number of hydrogen-bond donors (Lipinski definition) is 0. The topological polar surface area (TPSA) is 122 Å². The smallest absolute Gasteiger partial charge is 0.311 e. The molecule has 35 heavy (non-hydrogen) atoms. The van der Waals surface area contributed by atoms with E-state index in [-0.39, 0.29) is 40.0 Å². The van der Waals surface area contributed by atoms with Gasteiger partial charge in [0.05, 0.1) is 24.1 Å². The van der Waals surface area contributed by atoms with Crippen LogP contribution in [0.4, 0.5) is 11.4 Å². The van der Waals surface area contributed by atoms with E-state index < -0.39 is 9.85 Å². The Labute approximate surface area is 203 Å². The lowest BCUT2D eigenvalue weighted by molar-refractivity contribution is -0.385. The van der Waals surface area contributed by atoms with Crippen molar-refractivity contribution < 1.29 is 24.1 Å². The third-order valence-corrected chi connectivity index (χ3v) is 6.22. The van der Waals surface area contributed by atoms with Crippen molar-refractivity contribution in [2.45, 2.75) is 33.6 Å². The van der Waals surface area contributed by atoms with E-state index in [0.29, 0.717) is 35.1 Å². The zero-order chi connectivity index (χ0) is 25.9. The molecular weight excluding hydrogens is 452 g/mol. The van der Waals surface area contributed by atoms with E-state index in [1.165, 1.54) is 38.5 Å². The number of nitrogens with zero attached hydrogens (tertiary/aromatic N) is 2. The van der Waals surface area contributed by atoms with Crippen molar-refractivity contribution in [1.29, 1.82) is 0 Å². The van der Waals surface area contributed by atoms with Gasteiger partial charge in [-0.15, -0.1) is 0 Å². The normalized spacial score (nSPS) is 18.5. The Kier molecular flexibility index (Phi) is 7.38. The van der Waals surface area contributed by atoms with E-state index in [9.17, 15) is 25.0 Å². The van der Waals surface area contributed by atoms with Gasteiger partial charge >= 0.3 is 11.4 Å². The summed E-state index contributed by atoms with van der Waals surface area (Å²) in [6.07, 6.45) is 4.39. The number of allylic oxidation sites excluding steroid dienone is 2. The number of carbonyl (C=O) groups excluding carboxylic acids is 1. The highest BCUT2D eigenvalue weighted by Crippen LogP contribution is 2.42. The van der Waals surface area contributed by atoms with Gasteiger partial charge < -0.3 is 9.47 Å². The first kappa shape index (κ1) is 25.6. The summed E-state index contributed by atoms with van der Waals surface area (Å²) in [5.74, 6) is 0.226. The van der Waals surface area contributed by atoms with E-state index in [1.807, 2.05) is 0 Å². The largest absolute Gasteiger partial charge is 0.490 e. The van der Waals surface area contributed by atoms with Crippen LogP contribution < -0.4 is 9.47 Å². The van der Waals surface area contributed by atoms with Crippen LogP contribution in [-0.4, -0.2) is 29.8 Å². The van der Waals surface area contributed by atoms with E-state index in [4.69, 9.17) is 9.47 Å². The minimum Gasteiger partial charge on any atom is -0.490 e. The first-order chi connectivity index (χ1) is 16.4. The van der Waals surface area contributed by atoms with Gasteiger partial charge in [0.1, 0.15) is 0 Å². The second kappa shape index (κ2) is 10.1. The summed E-state index contributed by atoms with van der Waals surface area (Å²) in [5.41, 5.74) is 1.63. The molecule has 1 aliphatic carbocycles. The van der Waals surface area contributed by atoms with E-state index in [2.05, 4.69) is 20.8 Å². The van der Waals surface area contributed by atoms with Gasteiger partial charge in [-0.25, -0.2) is 0 Å². The molecule has 3 rings (SSSR count). The summed E-state index contributed by atoms with van der Waals surface area (Å²) in [6, 6.07) is 9.12. The Balaban J connectivity index is 2.08. The number of benzene rings is 2. The number of ketones is 1. The number of rotatable bonds is 6. The molecule has 0 N–H and O–H groups in total. The second-order valence-electron chi connectivity index (χ2n) is 9.52. The maximum Gasteiger partial charge on any atom is 0.311 e. The van der Waals surface area contributed by atoms with Gasteiger partial charge in [-0.1, -0.05) is 32.9 Å². The third-order valence-electron chi connectivity index (χ3n) is 6.22. The minimum absolute atomic E-state index is 0.114. The molecule has 1 saturated carbocycles. The molecule has 0 radical (unpaired) electrons. The summed E-state index contributed by atoms with van der Waals surface area (Å²) in [6.45, 7) is 6.29. The maximum atomic E-state index is 13.4. The molecule has 2 aromatic carbocycles. The first-order valence-corrected chi connectivity index (χ1v) is 11.0. The van der Waals surface area contributed by atoms with Crippen molar-refractivity contribution in [2.75, 3.05) is 14.2 Å². The number of nitro benzene ring substituents is 2. The minimum atomic E-state index is -0.524. The van der Waals surface area contributed by atoms with Crippen molar-refractivity contribution in [3.8, 4) is 11.5 Å². The predicted octanol–water partition coefficient (Wildman–Crippen LogP) is 6.01. The van der Waals surface area contributed by atoms with Gasteiger partial charge in [-0.05, 0) is 59.6 Å². The molecule has 0 heterocycles. The number of carbonyl (C=O) groups is 1. The number of Topliss-reactive ketones (excluding diaryl/α,β-unsaturated/α-hetero) is 1. The molecule has 9 heteroatoms. The lowest BCUT2D eigenvalue weighted by Crippen LogP contribution is -2.29. The Bertz CT molecular complexity index is 1150. The highest BCUT2D eigenvalue weighted by Gasteiger charge is 2.34. The molecule has 2 aromatic rings. The van der Waals surface area contributed by atoms with Crippen LogP contribution in [0, 0.1) is 31.6 Å². The lowest BCUT2D eigenvalue weighted by Gasteiger charge is -2.35. The van der Waals surface area contributed by atoms with Gasteiger partial charge in [0.25, 0.3) is 0 Å². The fourth-order valence-corrected chi connectivity index (χ4v) is 4.14. The van der Waals surface area contributed by atoms with Crippen molar-refractivity contribution in [3.63, 3.8) is 0 Å². The third kappa shape index (κ3) is 5.74. The molecule has 0 bridgehead atoms. The molecule has 0 aliphatic heterocycles. The summed E-state index contributed by atoms with van der Waals surface area (Å²) in [5, 5.41) is 22.8. The Hall–Kier alpha value is -4.01. The molecule has 0 amide bonds. The fraction of sp³-hybridized carbons (Fsp3) is 0.346. The molecular formula is C26H28N2O7. The van der Waals surface area contributed by atoms with Crippen LogP contribution in [0.3, 0.4) is 0 Å². The molecule has 1 fully saturated rings. The van der Waals surface area contributed by atoms with Crippen molar-refractivity contribution in [2.24, 2.45) is 11.3 Å². The monoisotopic (exact) mass is 480 g/mol. The summed E-state index contributed by atoms with van der Waals surface area (Å²) >= 11 is 0. The van der Waals surface area contributed by atoms with E-state index >= 15 is 0 Å². The molecule has 1 aliphatic rings. The van der Waals surface area contributed by atoms with Crippen LogP contribution >= 0.6 is 0 Å². The zero-order valence-corrected chi connectivity index (χ0v) is 20.4. The highest BCUT2D eigenvalue weighted by molar-refractivity contribution is 6.14. The van der Waals surface area contributed by atoms with Gasteiger partial charge in [-0.2, -0.15) is 0 Å². The van der Waals surface area contributed by atoms with Gasteiger partial charge in [0, 0.05) is 23.3 Å². The highest BCUT2D eigenvalue weighted by atomic mass is 16.6. The molecule has 0 unspecified atom stereocenters. The predicted molar refractivity (Wildman–Crippen MR) is 132 cm³/mol. The van der Waals surface area contributed by atoms with Crippen molar-refractivity contribution >= 4 is 29.3 Å². The van der Waals surface area contributed by atoms with Crippen LogP contribution in [0.15, 0.2) is 47.5 Å². The summed E-state index contributed by atoms with van der Waals surface area (Å²) in [4.78, 5) is 35.2. The standard InChI is InChI=1S/C26H28N2O7/c1-26(2,3)20-14-18(10-16-6-8-23(34-4)21(12-16)27(30)31)25(29)19(15-20)11-17-7-9-24(35-5)22(13-17)28(32)33/h6-13,20H,14-15H2,1-5H3. The Morgan fingerprint density at radius 3 is 1.54 bits per heavy atom. The van der Waals surface area contributed by atoms with Gasteiger partial charge in [0.15, 0.2) is 17.3 Å². The van der Waals surface area contributed by atoms with Crippen molar-refractivity contribution in [1.82, 2.24) is 0 Å². The summed E-state index contributed by atoms with van der Waals surface area (Å²) < 4.78 is 10.1. The van der Waals surface area contributed by atoms with Crippen LogP contribution in [0.25, 0.3) is 12.2 Å². The number of nitro groups is 2. The zero-order valence-electron chi connectivity index (χ0n) is 20.4. The van der Waals surface area contributed by atoms with Crippen molar-refractivity contribution in [3.05, 3.63) is 78.9 Å². The molecule has 0 atom stereocenters.